The van der Waals surface area contributed by atoms with Crippen molar-refractivity contribution >= 4 is 29.4 Å². The second-order valence-electron chi connectivity index (χ2n) is 10.0. The third-order valence-corrected chi connectivity index (χ3v) is 6.91. The smallest absolute Gasteiger partial charge is 0.331 e. The molecular weight excluding hydrogens is 480 g/mol. The average Bonchev–Trinajstić information content (AvgIpc) is 2.93. The van der Waals surface area contributed by atoms with Crippen LogP contribution in [0.2, 0.25) is 0 Å². The fourth-order valence-corrected chi connectivity index (χ4v) is 4.56. The summed E-state index contributed by atoms with van der Waals surface area (Å²) in [7, 11) is 0. The Labute approximate surface area is 226 Å². The molecule has 0 atom stereocenters. The van der Waals surface area contributed by atoms with E-state index in [1.54, 1.807) is 48.5 Å². The summed E-state index contributed by atoms with van der Waals surface area (Å²) in [6.45, 7) is 3.10. The average molecular weight is 523 g/mol. The SMILES string of the molecule is CCCCCCCCOC1CCC(C(=O)Oc2ccc(/C=C/C(=O)OCc3cc(N)ccc3N)cc2)CC1. The number of esters is 2. The lowest BCUT2D eigenvalue weighted by atomic mass is 9.87. The van der Waals surface area contributed by atoms with Gasteiger partial charge in [0, 0.05) is 29.6 Å². The summed E-state index contributed by atoms with van der Waals surface area (Å²) >= 11 is 0. The highest BCUT2D eigenvalue weighted by Gasteiger charge is 2.28. The van der Waals surface area contributed by atoms with E-state index in [-0.39, 0.29) is 24.6 Å². The quantitative estimate of drug-likeness (QED) is 0.0963. The van der Waals surface area contributed by atoms with Crippen LogP contribution in [-0.2, 0) is 25.7 Å². The van der Waals surface area contributed by atoms with Gasteiger partial charge in [-0.25, -0.2) is 4.79 Å². The van der Waals surface area contributed by atoms with Gasteiger partial charge in [-0.3, -0.25) is 4.79 Å². The highest BCUT2D eigenvalue weighted by atomic mass is 16.5. The molecule has 0 unspecified atom stereocenters. The molecule has 1 aliphatic rings. The zero-order valence-electron chi connectivity index (χ0n) is 22.5. The van der Waals surface area contributed by atoms with Crippen molar-refractivity contribution in [2.45, 2.75) is 83.8 Å². The Morgan fingerprint density at radius 3 is 2.37 bits per heavy atom. The van der Waals surface area contributed by atoms with Crippen LogP contribution in [0.3, 0.4) is 0 Å². The number of nitrogens with two attached hydrogens (primary N) is 2. The first-order valence-corrected chi connectivity index (χ1v) is 13.9. The van der Waals surface area contributed by atoms with Crippen molar-refractivity contribution in [1.82, 2.24) is 0 Å². The van der Waals surface area contributed by atoms with E-state index in [1.807, 2.05) is 0 Å². The number of hydrogen-bond donors (Lipinski definition) is 2. The number of carbonyl (C=O) groups is 2. The molecule has 7 nitrogen and oxygen atoms in total. The number of nitrogen functional groups attached to an aromatic ring is 2. The van der Waals surface area contributed by atoms with E-state index in [0.29, 0.717) is 22.7 Å². The Bertz CT molecular complexity index is 1040. The molecule has 1 aliphatic carbocycles. The Balaban J connectivity index is 1.34. The summed E-state index contributed by atoms with van der Waals surface area (Å²) in [6.07, 6.45) is 14.2. The van der Waals surface area contributed by atoms with Crippen molar-refractivity contribution in [3.63, 3.8) is 0 Å². The van der Waals surface area contributed by atoms with Crippen molar-refractivity contribution in [3.05, 3.63) is 59.7 Å². The predicted molar refractivity (Wildman–Crippen MR) is 151 cm³/mol. The minimum atomic E-state index is -0.492. The molecule has 0 aromatic heterocycles. The topological polar surface area (TPSA) is 114 Å². The molecule has 7 heteroatoms. The maximum atomic E-state index is 12.6. The number of anilines is 2. The summed E-state index contributed by atoms with van der Waals surface area (Å²) in [4.78, 5) is 24.7. The molecule has 2 aromatic carbocycles. The third-order valence-electron chi connectivity index (χ3n) is 6.91. The van der Waals surface area contributed by atoms with Gasteiger partial charge in [0.15, 0.2) is 0 Å². The van der Waals surface area contributed by atoms with Crippen molar-refractivity contribution < 1.29 is 23.8 Å². The van der Waals surface area contributed by atoms with E-state index < -0.39 is 5.97 Å². The fraction of sp³-hybridized carbons (Fsp3) is 0.484. The van der Waals surface area contributed by atoms with Gasteiger partial charge in [-0.1, -0.05) is 51.2 Å². The molecule has 4 N–H and O–H groups in total. The van der Waals surface area contributed by atoms with Gasteiger partial charge in [0.25, 0.3) is 0 Å². The van der Waals surface area contributed by atoms with E-state index in [4.69, 9.17) is 25.7 Å². The van der Waals surface area contributed by atoms with Gasteiger partial charge >= 0.3 is 11.9 Å². The number of carbonyl (C=O) groups excluding carboxylic acids is 2. The summed E-state index contributed by atoms with van der Waals surface area (Å²) < 4.78 is 16.9. The summed E-state index contributed by atoms with van der Waals surface area (Å²) in [5.41, 5.74) is 14.1. The van der Waals surface area contributed by atoms with Crippen molar-refractivity contribution in [3.8, 4) is 5.75 Å². The second-order valence-corrected chi connectivity index (χ2v) is 10.0. The highest BCUT2D eigenvalue weighted by Crippen LogP contribution is 2.28. The van der Waals surface area contributed by atoms with E-state index in [1.165, 1.54) is 38.2 Å². The van der Waals surface area contributed by atoms with E-state index in [9.17, 15) is 9.59 Å². The minimum absolute atomic E-state index is 0.0437. The lowest BCUT2D eigenvalue weighted by molar-refractivity contribution is -0.141. The molecule has 2 aromatic rings. The molecule has 0 amide bonds. The van der Waals surface area contributed by atoms with Gasteiger partial charge in [-0.2, -0.15) is 0 Å². The first-order chi connectivity index (χ1) is 18.4. The van der Waals surface area contributed by atoms with Gasteiger partial charge in [0.05, 0.1) is 12.0 Å². The summed E-state index contributed by atoms with van der Waals surface area (Å²) in [5.74, 6) is -0.276. The number of hydrogen-bond acceptors (Lipinski definition) is 7. The van der Waals surface area contributed by atoms with Crippen molar-refractivity contribution in [2.75, 3.05) is 18.1 Å². The Morgan fingerprint density at radius 2 is 1.63 bits per heavy atom. The zero-order valence-corrected chi connectivity index (χ0v) is 22.5. The highest BCUT2D eigenvalue weighted by molar-refractivity contribution is 5.87. The molecule has 38 heavy (non-hydrogen) atoms. The standard InChI is InChI=1S/C31H42N2O5/c1-2-3-4-5-6-7-20-36-27-16-11-24(12-17-27)31(35)38-28-14-8-23(9-15-28)10-19-30(34)37-22-25-21-26(32)13-18-29(25)33/h8-10,13-15,18-19,21,24,27H,2-7,11-12,16-17,20,22,32-33H2,1H3/b19-10+. The lowest BCUT2D eigenvalue weighted by Gasteiger charge is -2.27. The van der Waals surface area contributed by atoms with Gasteiger partial charge in [0.2, 0.25) is 0 Å². The molecule has 0 spiro atoms. The number of benzene rings is 2. The molecule has 0 radical (unpaired) electrons. The maximum absolute atomic E-state index is 12.6. The molecule has 1 fully saturated rings. The van der Waals surface area contributed by atoms with Gasteiger partial charge in [-0.05, 0) is 74.1 Å². The van der Waals surface area contributed by atoms with Crippen LogP contribution in [0, 0.1) is 5.92 Å². The predicted octanol–water partition coefficient (Wildman–Crippen LogP) is 6.45. The van der Waals surface area contributed by atoms with E-state index in [2.05, 4.69) is 6.92 Å². The van der Waals surface area contributed by atoms with Crippen molar-refractivity contribution in [1.29, 1.82) is 0 Å². The number of rotatable bonds is 14. The van der Waals surface area contributed by atoms with Gasteiger partial charge < -0.3 is 25.7 Å². The van der Waals surface area contributed by atoms with Crippen LogP contribution in [-0.4, -0.2) is 24.6 Å². The number of ether oxygens (including phenoxy) is 3. The largest absolute Gasteiger partial charge is 0.458 e. The summed E-state index contributed by atoms with van der Waals surface area (Å²) in [6, 6.07) is 12.1. The van der Waals surface area contributed by atoms with Crippen LogP contribution in [0.25, 0.3) is 6.08 Å². The Kier molecular flexibility index (Phi) is 12.2. The normalized spacial score (nSPS) is 17.4. The second kappa shape index (κ2) is 15.8. The van der Waals surface area contributed by atoms with E-state index >= 15 is 0 Å². The molecule has 206 valence electrons. The van der Waals surface area contributed by atoms with Crippen LogP contribution in [0.15, 0.2) is 48.5 Å². The third kappa shape index (κ3) is 10.2. The lowest BCUT2D eigenvalue weighted by Crippen LogP contribution is -2.29. The van der Waals surface area contributed by atoms with Gasteiger partial charge in [-0.15, -0.1) is 0 Å². The molecule has 1 saturated carbocycles. The van der Waals surface area contributed by atoms with Crippen LogP contribution < -0.4 is 16.2 Å². The van der Waals surface area contributed by atoms with E-state index in [0.717, 1.165) is 44.3 Å². The molecule has 0 heterocycles. The van der Waals surface area contributed by atoms with Crippen LogP contribution in [0.4, 0.5) is 11.4 Å². The van der Waals surface area contributed by atoms with Crippen LogP contribution in [0.1, 0.15) is 82.3 Å². The van der Waals surface area contributed by atoms with Crippen LogP contribution in [0.5, 0.6) is 5.75 Å². The molecule has 3 rings (SSSR count). The molecular formula is C31H42N2O5. The van der Waals surface area contributed by atoms with Gasteiger partial charge in [0.1, 0.15) is 12.4 Å². The zero-order chi connectivity index (χ0) is 27.2. The first-order valence-electron chi connectivity index (χ1n) is 13.9. The Hall–Kier alpha value is -3.32. The number of unbranched alkanes of at least 4 members (excludes halogenated alkanes) is 5. The maximum Gasteiger partial charge on any atom is 0.331 e. The Morgan fingerprint density at radius 1 is 0.921 bits per heavy atom. The van der Waals surface area contributed by atoms with Crippen LogP contribution >= 0.6 is 0 Å². The molecule has 0 saturated heterocycles. The molecule has 0 aliphatic heterocycles. The summed E-state index contributed by atoms with van der Waals surface area (Å²) in [5, 5.41) is 0. The molecule has 0 bridgehead atoms. The minimum Gasteiger partial charge on any atom is -0.458 e. The first kappa shape index (κ1) is 29.2. The van der Waals surface area contributed by atoms with Crippen molar-refractivity contribution in [2.24, 2.45) is 5.92 Å². The monoisotopic (exact) mass is 522 g/mol. The fourth-order valence-electron chi connectivity index (χ4n) is 4.56.